The van der Waals surface area contributed by atoms with Crippen LogP contribution in [-0.2, 0) is 32.7 Å². The first-order valence-corrected chi connectivity index (χ1v) is 7.88. The summed E-state index contributed by atoms with van der Waals surface area (Å²) >= 11 is 0. The number of hydrogen-bond acceptors (Lipinski definition) is 1. The summed E-state index contributed by atoms with van der Waals surface area (Å²) in [5.41, 5.74) is 3.10. The van der Waals surface area contributed by atoms with E-state index in [0.717, 1.165) is 28.8 Å². The third-order valence-corrected chi connectivity index (χ3v) is 3.57. The SMILES string of the molecule is CC.C[CH-]c1nc2ccc(C#CCC(C)C(C)C)cc2[nH]1.[CH3-].[CH3-].[Y+3]. The van der Waals surface area contributed by atoms with E-state index in [-0.39, 0.29) is 47.6 Å². The molecule has 0 fully saturated rings. The molecule has 3 heteroatoms. The molecule has 0 saturated carbocycles. The Morgan fingerprint density at radius 3 is 2.33 bits per heavy atom. The van der Waals surface area contributed by atoms with Crippen LogP contribution in [0.2, 0.25) is 0 Å². The van der Waals surface area contributed by atoms with Crippen LogP contribution < -0.4 is 0 Å². The second-order valence-electron chi connectivity index (χ2n) is 5.37. The quantitative estimate of drug-likeness (QED) is 0.488. The molecule has 1 unspecified atom stereocenters. The number of nitrogens with one attached hydrogen (secondary N) is 1. The zero-order chi connectivity index (χ0) is 15.8. The minimum Gasteiger partial charge on any atom is -0.368 e. The zero-order valence-electron chi connectivity index (χ0n) is 16.7. The third kappa shape index (κ3) is 8.36. The summed E-state index contributed by atoms with van der Waals surface area (Å²) in [5.74, 6) is 8.76. The maximum absolute atomic E-state index is 4.44. The van der Waals surface area contributed by atoms with Gasteiger partial charge in [-0.05, 0) is 35.9 Å². The molecular formula is C21H33N2Y. The van der Waals surface area contributed by atoms with Crippen molar-refractivity contribution in [2.45, 2.75) is 48.0 Å². The summed E-state index contributed by atoms with van der Waals surface area (Å²) in [6.07, 6.45) is 2.92. The third-order valence-electron chi connectivity index (χ3n) is 3.57. The van der Waals surface area contributed by atoms with Gasteiger partial charge < -0.3 is 26.3 Å². The standard InChI is InChI=1S/C17H21N2.C2H6.2CH3.Y/c1-5-17-18-15-10-9-14(11-16(15)19-17)8-6-7-13(4)12(2)3;1-2;;;/h5,9-13H,7H2,1-4H3,(H,18,19);1-2H3;2*1H3;/q-1;;2*-1;+3. The number of hydrogen-bond donors (Lipinski definition) is 1. The molecule has 2 nitrogen and oxygen atoms in total. The van der Waals surface area contributed by atoms with Crippen molar-refractivity contribution in [3.63, 3.8) is 0 Å². The van der Waals surface area contributed by atoms with E-state index in [1.165, 1.54) is 0 Å². The van der Waals surface area contributed by atoms with E-state index in [0.29, 0.717) is 11.8 Å². The van der Waals surface area contributed by atoms with Gasteiger partial charge in [0.1, 0.15) is 0 Å². The van der Waals surface area contributed by atoms with E-state index in [4.69, 9.17) is 0 Å². The molecule has 0 spiro atoms. The van der Waals surface area contributed by atoms with Crippen molar-refractivity contribution in [3.05, 3.63) is 50.9 Å². The fourth-order valence-electron chi connectivity index (χ4n) is 1.79. The Balaban J connectivity index is -0.000000850. The molecular weight excluding hydrogens is 369 g/mol. The van der Waals surface area contributed by atoms with Gasteiger partial charge in [0.25, 0.3) is 0 Å². The van der Waals surface area contributed by atoms with Crippen LogP contribution >= 0.6 is 0 Å². The molecule has 0 aliphatic heterocycles. The van der Waals surface area contributed by atoms with E-state index in [1.807, 2.05) is 39.3 Å². The van der Waals surface area contributed by atoms with Crippen molar-refractivity contribution in [2.24, 2.45) is 11.8 Å². The minimum absolute atomic E-state index is 0. The molecule has 2 aromatic rings. The normalized spacial score (nSPS) is 9.96. The summed E-state index contributed by atoms with van der Waals surface area (Å²) in [6.45, 7) is 12.7. The molecule has 1 atom stereocenters. The van der Waals surface area contributed by atoms with Crippen LogP contribution in [0.3, 0.4) is 0 Å². The number of aromatic nitrogens is 2. The molecule has 0 saturated heterocycles. The Hall–Kier alpha value is -0.776. The van der Waals surface area contributed by atoms with Gasteiger partial charge in [-0.15, -0.1) is 0 Å². The number of nitrogens with zero attached hydrogens (tertiary/aromatic N) is 1. The molecule has 1 aromatic carbocycles. The largest absolute Gasteiger partial charge is 3.00 e. The van der Waals surface area contributed by atoms with Crippen LogP contribution in [0, 0.1) is 45.0 Å². The van der Waals surface area contributed by atoms with Gasteiger partial charge in [-0.25, -0.2) is 0 Å². The maximum atomic E-state index is 4.44. The van der Waals surface area contributed by atoms with Crippen molar-refractivity contribution in [1.82, 2.24) is 9.97 Å². The topological polar surface area (TPSA) is 28.7 Å². The van der Waals surface area contributed by atoms with Gasteiger partial charge in [0.05, 0.1) is 11.0 Å². The summed E-state index contributed by atoms with van der Waals surface area (Å²) in [6, 6.07) is 6.13. The van der Waals surface area contributed by atoms with Crippen molar-refractivity contribution in [1.29, 1.82) is 0 Å². The molecule has 0 aliphatic carbocycles. The molecule has 1 N–H and O–H groups in total. The van der Waals surface area contributed by atoms with Gasteiger partial charge in [0, 0.05) is 12.0 Å². The van der Waals surface area contributed by atoms with E-state index in [9.17, 15) is 0 Å². The Labute approximate surface area is 175 Å². The summed E-state index contributed by atoms with van der Waals surface area (Å²) in [4.78, 5) is 7.71. The van der Waals surface area contributed by atoms with Crippen molar-refractivity contribution in [2.75, 3.05) is 0 Å². The van der Waals surface area contributed by atoms with Gasteiger partial charge in [-0.1, -0.05) is 46.5 Å². The van der Waals surface area contributed by atoms with Crippen LogP contribution in [0.15, 0.2) is 18.2 Å². The van der Waals surface area contributed by atoms with Crippen LogP contribution in [0.1, 0.15) is 59.4 Å². The van der Waals surface area contributed by atoms with Crippen LogP contribution in [0.25, 0.3) is 11.0 Å². The smallest absolute Gasteiger partial charge is 0.368 e. The van der Waals surface area contributed by atoms with E-state index >= 15 is 0 Å². The van der Waals surface area contributed by atoms with E-state index < -0.39 is 0 Å². The predicted octanol–water partition coefficient (Wildman–Crippen LogP) is 6.09. The number of benzene rings is 1. The monoisotopic (exact) mass is 402 g/mol. The number of H-pyrrole nitrogens is 1. The second kappa shape index (κ2) is 14.6. The first kappa shape index (κ1) is 28.0. The van der Waals surface area contributed by atoms with E-state index in [1.54, 1.807) is 0 Å². The molecule has 1 aromatic heterocycles. The number of aromatic amines is 1. The minimum atomic E-state index is 0. The molecule has 0 bridgehead atoms. The van der Waals surface area contributed by atoms with Gasteiger partial charge in [0.15, 0.2) is 0 Å². The van der Waals surface area contributed by atoms with E-state index in [2.05, 4.69) is 48.6 Å². The fraction of sp³-hybridized carbons (Fsp3) is 0.429. The first-order chi connectivity index (χ1) is 10.1. The molecule has 2 rings (SSSR count). The van der Waals surface area contributed by atoms with Crippen LogP contribution in [0.5, 0.6) is 0 Å². The molecule has 1 heterocycles. The Morgan fingerprint density at radius 2 is 1.79 bits per heavy atom. The number of imidazole rings is 1. The molecule has 0 radical (unpaired) electrons. The molecule has 0 amide bonds. The molecule has 0 aliphatic rings. The molecule has 24 heavy (non-hydrogen) atoms. The van der Waals surface area contributed by atoms with Gasteiger partial charge in [0.2, 0.25) is 0 Å². The predicted molar refractivity (Wildman–Crippen MR) is 105 cm³/mol. The van der Waals surface area contributed by atoms with Crippen molar-refractivity contribution < 1.29 is 32.7 Å². The van der Waals surface area contributed by atoms with Gasteiger partial charge in [-0.3, -0.25) is 4.98 Å². The van der Waals surface area contributed by atoms with Crippen LogP contribution in [0.4, 0.5) is 0 Å². The average Bonchev–Trinajstić information content (AvgIpc) is 2.91. The summed E-state index contributed by atoms with van der Waals surface area (Å²) in [7, 11) is 0. The Morgan fingerprint density at radius 1 is 1.17 bits per heavy atom. The average molecular weight is 402 g/mol. The maximum Gasteiger partial charge on any atom is 3.00 e. The van der Waals surface area contributed by atoms with Crippen molar-refractivity contribution in [3.8, 4) is 11.8 Å². The van der Waals surface area contributed by atoms with Crippen LogP contribution in [-0.4, -0.2) is 9.97 Å². The van der Waals surface area contributed by atoms with Crippen molar-refractivity contribution >= 4 is 11.0 Å². The first-order valence-electron chi connectivity index (χ1n) is 7.88. The molecule has 130 valence electrons. The fourth-order valence-corrected chi connectivity index (χ4v) is 1.79. The summed E-state index contributed by atoms with van der Waals surface area (Å²) in [5, 5.41) is 0. The zero-order valence-corrected chi connectivity index (χ0v) is 19.5. The second-order valence-corrected chi connectivity index (χ2v) is 5.37. The number of rotatable bonds is 3. The Kier molecular flexibility index (Phi) is 17.0. The Bertz CT molecular complexity index is 618. The number of fused-ring (bicyclic) bond motifs is 1. The van der Waals surface area contributed by atoms with Gasteiger partial charge >= 0.3 is 32.7 Å². The van der Waals surface area contributed by atoms with Gasteiger partial charge in [-0.2, -0.15) is 6.92 Å². The summed E-state index contributed by atoms with van der Waals surface area (Å²) < 4.78 is 0.